The first-order valence-electron chi connectivity index (χ1n) is 8.52. The van der Waals surface area contributed by atoms with E-state index in [1.165, 1.54) is 19.3 Å². The van der Waals surface area contributed by atoms with Crippen molar-refractivity contribution in [2.75, 3.05) is 26.3 Å². The maximum atomic E-state index is 9.00. The SMILES string of the molecule is CC(=O)O.CC(=O)O.CC(=O)O.CC(=O)O.CCCCCOCC.NCCN. The summed E-state index contributed by atoms with van der Waals surface area (Å²) in [6, 6.07) is 0. The van der Waals surface area contributed by atoms with E-state index in [2.05, 4.69) is 6.92 Å². The molecule has 11 heteroatoms. The summed E-state index contributed by atoms with van der Waals surface area (Å²) in [4.78, 5) is 36.0. The second kappa shape index (κ2) is 44.3. The van der Waals surface area contributed by atoms with Crippen molar-refractivity contribution in [3.8, 4) is 0 Å². The molecule has 0 spiro atoms. The molecule has 0 rings (SSSR count). The normalized spacial score (nSPS) is 7.43. The van der Waals surface area contributed by atoms with Crippen LogP contribution in [0.15, 0.2) is 0 Å². The minimum absolute atomic E-state index is 0.597. The maximum absolute atomic E-state index is 9.00. The third kappa shape index (κ3) is 871. The van der Waals surface area contributed by atoms with Crippen LogP contribution in [0.1, 0.15) is 60.8 Å². The van der Waals surface area contributed by atoms with Crippen molar-refractivity contribution in [3.63, 3.8) is 0 Å². The first-order valence-corrected chi connectivity index (χ1v) is 8.52. The topological polar surface area (TPSA) is 210 Å². The molecule has 172 valence electrons. The number of hydrogen-bond acceptors (Lipinski definition) is 7. The molecule has 0 fully saturated rings. The molecule has 0 bridgehead atoms. The number of carboxylic acid groups (broad SMARTS) is 4. The number of unbranched alkanes of at least 4 members (excludes halogenated alkanes) is 2. The lowest BCUT2D eigenvalue weighted by Gasteiger charge is -1.96. The van der Waals surface area contributed by atoms with Gasteiger partial charge in [-0.05, 0) is 13.3 Å². The molecule has 0 unspecified atom stereocenters. The molecular formula is C17H40N2O9. The largest absolute Gasteiger partial charge is 0.481 e. The molecule has 0 heterocycles. The third-order valence-electron chi connectivity index (χ3n) is 1.26. The number of carbonyl (C=O) groups is 4. The number of nitrogens with two attached hydrogens (primary N) is 2. The van der Waals surface area contributed by atoms with Gasteiger partial charge in [0.15, 0.2) is 0 Å². The van der Waals surface area contributed by atoms with E-state index in [0.717, 1.165) is 40.9 Å². The highest BCUT2D eigenvalue weighted by Crippen LogP contribution is 1.92. The van der Waals surface area contributed by atoms with E-state index in [1.54, 1.807) is 0 Å². The fourth-order valence-electron chi connectivity index (χ4n) is 0.598. The first-order chi connectivity index (χ1) is 12.8. The second-order valence-corrected chi connectivity index (χ2v) is 4.56. The molecule has 0 amide bonds. The smallest absolute Gasteiger partial charge is 0.300 e. The maximum Gasteiger partial charge on any atom is 0.300 e. The molecule has 11 nitrogen and oxygen atoms in total. The summed E-state index contributed by atoms with van der Waals surface area (Å²) < 4.78 is 5.14. The van der Waals surface area contributed by atoms with E-state index >= 15 is 0 Å². The number of ether oxygens (including phenoxy) is 1. The van der Waals surface area contributed by atoms with Crippen molar-refractivity contribution in [1.82, 2.24) is 0 Å². The van der Waals surface area contributed by atoms with E-state index in [-0.39, 0.29) is 0 Å². The zero-order valence-corrected chi connectivity index (χ0v) is 17.9. The van der Waals surface area contributed by atoms with Crippen molar-refractivity contribution in [1.29, 1.82) is 0 Å². The lowest BCUT2D eigenvalue weighted by Crippen LogP contribution is -2.11. The van der Waals surface area contributed by atoms with Crippen LogP contribution in [0.4, 0.5) is 0 Å². The molecule has 0 aliphatic rings. The van der Waals surface area contributed by atoms with Gasteiger partial charge in [0.2, 0.25) is 0 Å². The molecule has 0 aromatic rings. The van der Waals surface area contributed by atoms with E-state index in [9.17, 15) is 0 Å². The Morgan fingerprint density at radius 2 is 0.929 bits per heavy atom. The van der Waals surface area contributed by atoms with Gasteiger partial charge >= 0.3 is 0 Å². The van der Waals surface area contributed by atoms with Gasteiger partial charge < -0.3 is 36.6 Å². The van der Waals surface area contributed by atoms with Crippen molar-refractivity contribution in [2.24, 2.45) is 11.5 Å². The summed E-state index contributed by atoms with van der Waals surface area (Å²) in [5.41, 5.74) is 9.81. The van der Waals surface area contributed by atoms with Gasteiger partial charge in [-0.25, -0.2) is 0 Å². The van der Waals surface area contributed by atoms with Crippen LogP contribution in [-0.2, 0) is 23.9 Å². The van der Waals surface area contributed by atoms with Crippen LogP contribution < -0.4 is 11.5 Å². The molecule has 0 aliphatic heterocycles. The van der Waals surface area contributed by atoms with Crippen LogP contribution >= 0.6 is 0 Å². The van der Waals surface area contributed by atoms with Crippen LogP contribution in [0.25, 0.3) is 0 Å². The predicted octanol–water partition coefficient (Wildman–Crippen LogP) is 1.48. The summed E-state index contributed by atoms with van der Waals surface area (Å²) in [5.74, 6) is -3.33. The molecule has 28 heavy (non-hydrogen) atoms. The second-order valence-electron chi connectivity index (χ2n) is 4.56. The molecule has 0 saturated heterocycles. The molecule has 8 N–H and O–H groups in total. The Balaban J connectivity index is -0.0000000536. The van der Waals surface area contributed by atoms with E-state index in [0.29, 0.717) is 13.1 Å². The van der Waals surface area contributed by atoms with Crippen molar-refractivity contribution < 1.29 is 44.3 Å². The Kier molecular flexibility index (Phi) is 64.0. The highest BCUT2D eigenvalue weighted by Gasteiger charge is 1.82. The quantitative estimate of drug-likeness (QED) is 0.341. The zero-order chi connectivity index (χ0) is 24.0. The Bertz CT molecular complexity index is 267. The number of aliphatic carboxylic acids is 4. The highest BCUT2D eigenvalue weighted by molar-refractivity contribution is 5.63. The summed E-state index contributed by atoms with van der Waals surface area (Å²) in [5, 5.41) is 29.7. The summed E-state index contributed by atoms with van der Waals surface area (Å²) in [7, 11) is 0. The lowest BCUT2D eigenvalue weighted by molar-refractivity contribution is -0.135. The van der Waals surface area contributed by atoms with Gasteiger partial charge in [0.1, 0.15) is 0 Å². The Morgan fingerprint density at radius 3 is 1.07 bits per heavy atom. The highest BCUT2D eigenvalue weighted by atomic mass is 16.5. The minimum atomic E-state index is -0.833. The fraction of sp³-hybridized carbons (Fsp3) is 0.765. The Labute approximate surface area is 167 Å². The summed E-state index contributed by atoms with van der Waals surface area (Å²) >= 11 is 0. The number of carboxylic acids is 4. The van der Waals surface area contributed by atoms with Gasteiger partial charge in [0.25, 0.3) is 23.9 Å². The van der Waals surface area contributed by atoms with Gasteiger partial charge in [-0.3, -0.25) is 19.2 Å². The molecule has 0 atom stereocenters. The van der Waals surface area contributed by atoms with Gasteiger partial charge in [-0.2, -0.15) is 0 Å². The minimum Gasteiger partial charge on any atom is -0.481 e. The zero-order valence-electron chi connectivity index (χ0n) is 17.9. The van der Waals surface area contributed by atoms with Gasteiger partial charge in [0.05, 0.1) is 0 Å². The molecule has 0 radical (unpaired) electrons. The predicted molar refractivity (Wildman–Crippen MR) is 107 cm³/mol. The van der Waals surface area contributed by atoms with Crippen LogP contribution in [0, 0.1) is 0 Å². The Hall–Kier alpha value is -2.24. The molecule has 0 aromatic heterocycles. The van der Waals surface area contributed by atoms with Gasteiger partial charge in [0, 0.05) is 54.0 Å². The lowest BCUT2D eigenvalue weighted by atomic mass is 10.3. The van der Waals surface area contributed by atoms with Crippen molar-refractivity contribution in [2.45, 2.75) is 60.8 Å². The Morgan fingerprint density at radius 1 is 0.679 bits per heavy atom. The number of rotatable bonds is 6. The van der Waals surface area contributed by atoms with Gasteiger partial charge in [-0.15, -0.1) is 0 Å². The molecule has 0 aromatic carbocycles. The fourth-order valence-corrected chi connectivity index (χ4v) is 0.598. The molecule has 0 saturated carbocycles. The number of hydrogen-bond donors (Lipinski definition) is 6. The van der Waals surface area contributed by atoms with Gasteiger partial charge in [-0.1, -0.05) is 19.8 Å². The van der Waals surface area contributed by atoms with Crippen LogP contribution in [0.3, 0.4) is 0 Å². The average Bonchev–Trinajstić information content (AvgIpc) is 2.50. The van der Waals surface area contributed by atoms with E-state index < -0.39 is 23.9 Å². The summed E-state index contributed by atoms with van der Waals surface area (Å²) in [6.07, 6.45) is 3.82. The third-order valence-corrected chi connectivity index (χ3v) is 1.26. The van der Waals surface area contributed by atoms with Crippen molar-refractivity contribution >= 4 is 23.9 Å². The average molecular weight is 417 g/mol. The van der Waals surface area contributed by atoms with E-state index in [1.807, 2.05) is 6.92 Å². The first kappa shape index (κ1) is 40.4. The standard InChI is InChI=1S/C7H16O.C2H8N2.4C2H4O2/c1-3-5-6-7-8-4-2;3-1-2-4;4*1-2(3)4/h3-7H2,1-2H3;1-4H2;4*1H3,(H,3,4). The van der Waals surface area contributed by atoms with Crippen molar-refractivity contribution in [3.05, 3.63) is 0 Å². The monoisotopic (exact) mass is 416 g/mol. The van der Waals surface area contributed by atoms with Crippen LogP contribution in [0.2, 0.25) is 0 Å². The summed E-state index contributed by atoms with van der Waals surface area (Å²) in [6.45, 7) is 11.6. The molecular weight excluding hydrogens is 376 g/mol. The molecule has 0 aliphatic carbocycles. The van der Waals surface area contributed by atoms with Crippen LogP contribution in [0.5, 0.6) is 0 Å². The van der Waals surface area contributed by atoms with E-state index in [4.69, 9.17) is 55.8 Å². The van der Waals surface area contributed by atoms with Crippen LogP contribution in [-0.4, -0.2) is 70.6 Å².